The fourth-order valence-electron chi connectivity index (χ4n) is 11.1. The van der Waals surface area contributed by atoms with Gasteiger partial charge in [-0.25, -0.2) is 9.59 Å². The fraction of sp³-hybridized carbons (Fsp3) is 0.617. The van der Waals surface area contributed by atoms with Crippen LogP contribution in [0.4, 0.5) is 9.59 Å². The highest BCUT2D eigenvalue weighted by molar-refractivity contribution is 9.10. The van der Waals surface area contributed by atoms with Gasteiger partial charge in [0.15, 0.2) is 39.6 Å². The van der Waals surface area contributed by atoms with Gasteiger partial charge in [-0.3, -0.25) is 31.8 Å². The fourth-order valence-corrected chi connectivity index (χ4v) is 19.3. The van der Waals surface area contributed by atoms with Crippen molar-refractivity contribution in [3.05, 3.63) is 180 Å². The van der Waals surface area contributed by atoms with Crippen molar-refractivity contribution in [2.45, 2.75) is 339 Å². The van der Waals surface area contributed by atoms with Crippen molar-refractivity contribution in [2.24, 2.45) is 0 Å². The zero-order valence-electron chi connectivity index (χ0n) is 97.7. The number of halogens is 2. The van der Waals surface area contributed by atoms with Gasteiger partial charge in [-0.05, 0) is 284 Å². The van der Waals surface area contributed by atoms with E-state index in [-0.39, 0.29) is 61.4 Å². The van der Waals surface area contributed by atoms with Crippen LogP contribution >= 0.6 is 68.7 Å². The maximum Gasteiger partial charge on any atom is 0.509 e. The lowest BCUT2D eigenvalue weighted by atomic mass is 10.0. The molecule has 5 N–H and O–H groups in total. The summed E-state index contributed by atoms with van der Waals surface area (Å²) in [5.41, 5.74) is 5.33. The van der Waals surface area contributed by atoms with Crippen LogP contribution in [0.1, 0.15) is 266 Å². The van der Waals surface area contributed by atoms with Gasteiger partial charge in [0, 0.05) is 140 Å². The molecular weight excluding hydrogens is 2200 g/mol. The molecule has 0 aliphatic carbocycles. The molecule has 0 spiro atoms. The summed E-state index contributed by atoms with van der Waals surface area (Å²) in [5.74, 6) is 2.60. The Morgan fingerprint density at radius 2 is 0.642 bits per heavy atom. The third-order valence-corrected chi connectivity index (χ3v) is 45.8. The number of hydrogen-bond acceptors (Lipinski definition) is 29. The largest absolute Gasteiger partial charge is 0.509 e. The minimum absolute atomic E-state index is 0.0122. The lowest BCUT2D eigenvalue weighted by molar-refractivity contribution is -0.0293. The minimum atomic E-state index is -3.73. The Bertz CT molecular complexity index is 5680. The van der Waals surface area contributed by atoms with Crippen LogP contribution in [0.2, 0.25) is 72.5 Å². The molecule has 41 heteroatoms. The Hall–Kier alpha value is -5.36. The summed E-state index contributed by atoms with van der Waals surface area (Å²) in [5, 5.41) is 30.0. The van der Waals surface area contributed by atoms with Crippen LogP contribution in [0, 0.1) is 0 Å². The summed E-state index contributed by atoms with van der Waals surface area (Å²) in [7, 11) is -25.0. The number of aliphatic hydroxyl groups is 1. The Morgan fingerprint density at radius 1 is 0.385 bits per heavy atom. The maximum atomic E-state index is 12.5. The van der Waals surface area contributed by atoms with E-state index < -0.39 is 122 Å². The Kier molecular flexibility index (Phi) is 53.7. The molecule has 0 radical (unpaired) electrons. The SMILES string of the molecule is C=Cc1ccc(OP(C)(C)=O)c(CO[Si](C)(C)C(C)(C)C)c1.CC(C)(C)NCC(O)c1ccc(OP(C)(C)=O)c(CO[Si](C)(C)C(C)(C)C)c1.CC(C)(C)NCC(OC(=O)OC(C)(C)C)c1ccc(OP(C)(C)=O)c(COS(C)(=O)=O)c1.CC(C)(C)NCC(OC(=O)OC(C)(C)C)c1ccc(OP(C)(C)=O)c(CO[Si](C)(C)C(C)(C)C)c1.CC(C)(C)[Si](C)(C)OCc1cc(Br)ccc1OP(C)(C)=O.O=Cc1cc(Br)ccc1O. The summed E-state index contributed by atoms with van der Waals surface area (Å²) in [6.07, 6.45) is -0.218. The van der Waals surface area contributed by atoms with E-state index in [0.717, 1.165) is 54.1 Å². The van der Waals surface area contributed by atoms with Crippen molar-refractivity contribution in [2.75, 3.05) is 92.5 Å². The van der Waals surface area contributed by atoms with Gasteiger partial charge >= 0.3 is 12.3 Å². The van der Waals surface area contributed by atoms with E-state index in [1.54, 1.807) is 143 Å². The molecule has 0 saturated carbocycles. The molecule has 0 bridgehead atoms. The molecule has 6 aromatic carbocycles. The number of phenols is 1. The highest BCUT2D eigenvalue weighted by Gasteiger charge is 2.42. The van der Waals surface area contributed by atoms with Gasteiger partial charge < -0.3 is 85.4 Å². The zero-order chi connectivity index (χ0) is 116. The number of ether oxygens (including phenoxy) is 4. The van der Waals surface area contributed by atoms with Crippen LogP contribution in [0.25, 0.3) is 6.08 Å². The van der Waals surface area contributed by atoms with Crippen molar-refractivity contribution < 1.29 is 119 Å². The Morgan fingerprint density at radius 3 is 0.912 bits per heavy atom. The first kappa shape index (κ1) is 141. The topological polar surface area (TPSA) is 376 Å². The Labute approximate surface area is 911 Å². The second kappa shape index (κ2) is 56.5. The molecule has 3 atom stereocenters. The van der Waals surface area contributed by atoms with Crippen molar-refractivity contribution in [1.82, 2.24) is 16.0 Å². The predicted molar refractivity (Wildman–Crippen MR) is 628 cm³/mol. The van der Waals surface area contributed by atoms with E-state index in [4.69, 9.17) is 68.6 Å². The van der Waals surface area contributed by atoms with E-state index in [9.17, 15) is 50.7 Å². The van der Waals surface area contributed by atoms with Crippen LogP contribution in [-0.2, 0) is 107 Å². The molecule has 0 heterocycles. The molecule has 0 fully saturated rings. The van der Waals surface area contributed by atoms with Crippen molar-refractivity contribution >= 4 is 137 Å². The molecule has 844 valence electrons. The molecule has 0 aliphatic rings. The van der Waals surface area contributed by atoms with Crippen LogP contribution in [-0.4, -0.2) is 191 Å². The lowest BCUT2D eigenvalue weighted by Gasteiger charge is -2.36. The summed E-state index contributed by atoms with van der Waals surface area (Å²) in [6, 6.07) is 32.0. The second-order valence-corrected chi connectivity index (χ2v) is 85.8. The van der Waals surface area contributed by atoms with Crippen LogP contribution < -0.4 is 38.6 Å². The molecule has 148 heavy (non-hydrogen) atoms. The number of aliphatic hydroxyl groups excluding tert-OH is 1. The molecular formula is C107H184Br2N3O26P5SSi4. The summed E-state index contributed by atoms with van der Waals surface area (Å²) < 4.78 is 166. The van der Waals surface area contributed by atoms with Crippen LogP contribution in [0.5, 0.6) is 34.5 Å². The van der Waals surface area contributed by atoms with Gasteiger partial charge in [-0.2, -0.15) is 8.42 Å². The van der Waals surface area contributed by atoms with Crippen molar-refractivity contribution in [3.8, 4) is 34.5 Å². The summed E-state index contributed by atoms with van der Waals surface area (Å²) >= 11 is 6.63. The first-order valence-electron chi connectivity index (χ1n) is 49.3. The monoisotopic (exact) mass is 2380 g/mol. The number of phenolic OH excluding ortho intramolecular Hbond substituents is 1. The molecule has 0 saturated heterocycles. The molecule has 3 unspecified atom stereocenters. The molecule has 6 aromatic rings. The number of β-amino-alcohol motifs (C(OH)–C–C–N with tert-alkyl or cyclic N) is 1. The zero-order valence-corrected chi connectivity index (χ0v) is 110. The van der Waals surface area contributed by atoms with Crippen molar-refractivity contribution in [3.63, 3.8) is 0 Å². The van der Waals surface area contributed by atoms with Crippen LogP contribution in [0.15, 0.2) is 125 Å². The third kappa shape index (κ3) is 59.0. The van der Waals surface area contributed by atoms with Crippen molar-refractivity contribution in [1.29, 1.82) is 0 Å². The minimum Gasteiger partial charge on any atom is -0.507 e. The number of aldehydes is 1. The average molecular weight is 2390 g/mol. The van der Waals surface area contributed by atoms with E-state index in [0.29, 0.717) is 85.5 Å². The molecule has 0 aromatic heterocycles. The first-order valence-corrected chi connectivity index (χ1v) is 76.9. The molecule has 6 rings (SSSR count). The second-order valence-electron chi connectivity index (χ2n) is 49.7. The number of carbonyl (C=O) groups is 3. The van der Waals surface area contributed by atoms with Crippen LogP contribution in [0.3, 0.4) is 0 Å². The molecule has 0 amide bonds. The normalized spacial score (nSPS) is 13.7. The van der Waals surface area contributed by atoms with E-state index >= 15 is 0 Å². The average Bonchev–Trinajstić information content (AvgIpc) is 0.807. The lowest BCUT2D eigenvalue weighted by Crippen LogP contribution is -2.40. The number of nitrogens with one attached hydrogen (secondary N) is 3. The standard InChI is InChI=1S/C26H48NO6PSi.C21H36NO8PS.C21H40NO4PSi.C17H29O3PSi.C15H26BrO3PSi.C7H5BrO2/c1-24(2,3)27-17-22(31-23(28)32-25(4,5)6)19-14-15-21(33-34(10,11)29)20(16-19)18-30-35(12,13)26(7,8)9;1-20(2,3)22-13-18(28-19(23)29-21(4,5)6)15-10-11-17(30-31(7,8)24)16(12-15)14-27-32(9,25)26;1-20(2,3)22-14-18(23)16-11-12-19(26-27(7,8)24)17(13-16)15-25-28(9,10)21(4,5)6;1-9-14-10-11-16(20-21(5,6)18)15(12-14)13-19-22(7,8)17(2,3)4;1-15(2,3)21(6,7)18-11-12-10-13(16)8-9-14(12)19-20(4,5)17;8-6-1-2-7(10)5(3-6)4-9/h14-16,22,27H,17-18H2,1-13H3;10-12,18,22H,13-14H2,1-9H3;11-13,18,22-23H,14-15H2,1-10H3;9-12H,1,13H2,2-8H3;8-10H,11H2,1-7H3;1-4,10H. The van der Waals surface area contributed by atoms with Gasteiger partial charge in [0.05, 0.1) is 51.0 Å². The Balaban J connectivity index is 0.000000911. The third-order valence-electron chi connectivity index (χ3n) is 23.2. The molecule has 0 aliphatic heterocycles. The van der Waals surface area contributed by atoms with Gasteiger partial charge in [0.1, 0.15) is 57.9 Å². The van der Waals surface area contributed by atoms with E-state index in [1.807, 2.05) is 102 Å². The van der Waals surface area contributed by atoms with Gasteiger partial charge in [0.2, 0.25) is 36.8 Å². The number of carbonyl (C=O) groups excluding carboxylic acids is 3. The number of rotatable bonds is 38. The summed E-state index contributed by atoms with van der Waals surface area (Å²) in [4.78, 5) is 35.0. The number of aromatic hydroxyl groups is 1. The number of hydrogen-bond donors (Lipinski definition) is 5. The smallest absolute Gasteiger partial charge is 0.507 e. The van der Waals surface area contributed by atoms with Gasteiger partial charge in [-0.15, -0.1) is 0 Å². The summed E-state index contributed by atoms with van der Waals surface area (Å²) in [6.45, 7) is 94.8. The molecule has 29 nitrogen and oxygen atoms in total. The predicted octanol–water partition coefficient (Wildman–Crippen LogP) is 31.1. The van der Waals surface area contributed by atoms with Gasteiger partial charge in [-0.1, -0.05) is 152 Å². The van der Waals surface area contributed by atoms with E-state index in [1.165, 1.54) is 19.4 Å². The quantitative estimate of drug-likeness (QED) is 0.00790. The highest BCUT2D eigenvalue weighted by Crippen LogP contribution is 2.49. The first-order chi connectivity index (χ1) is 66.1. The highest BCUT2D eigenvalue weighted by atomic mass is 79.9. The number of benzene rings is 6. The van der Waals surface area contributed by atoms with E-state index in [2.05, 4.69) is 211 Å². The maximum absolute atomic E-state index is 12.5. The van der Waals surface area contributed by atoms with Gasteiger partial charge in [0.25, 0.3) is 10.1 Å².